The highest BCUT2D eigenvalue weighted by Crippen LogP contribution is 2.33. The van der Waals surface area contributed by atoms with Crippen molar-refractivity contribution in [2.24, 2.45) is 0 Å². The first-order valence-corrected chi connectivity index (χ1v) is 11.2. The molecule has 0 spiro atoms. The van der Waals surface area contributed by atoms with E-state index in [4.69, 9.17) is 23.7 Å². The van der Waals surface area contributed by atoms with Crippen LogP contribution in [0.15, 0.2) is 53.4 Å². The molecule has 4 rings (SSSR count). The minimum Gasteiger partial charge on any atom is -0.496 e. The molecule has 9 nitrogen and oxygen atoms in total. The second-order valence-corrected chi connectivity index (χ2v) is 7.76. The maximum Gasteiger partial charge on any atom is 0.341 e. The van der Waals surface area contributed by atoms with Crippen LogP contribution >= 0.6 is 0 Å². The van der Waals surface area contributed by atoms with E-state index in [2.05, 4.69) is 22.2 Å². The lowest BCUT2D eigenvalue weighted by Crippen LogP contribution is -2.10. The van der Waals surface area contributed by atoms with Gasteiger partial charge in [0.2, 0.25) is 0 Å². The van der Waals surface area contributed by atoms with Gasteiger partial charge in [0.15, 0.2) is 18.1 Å². The Morgan fingerprint density at radius 3 is 2.71 bits per heavy atom. The number of benzene rings is 2. The number of anilines is 1. The van der Waals surface area contributed by atoms with Crippen LogP contribution in [0.1, 0.15) is 18.1 Å². The summed E-state index contributed by atoms with van der Waals surface area (Å²) >= 11 is 0. The van der Waals surface area contributed by atoms with E-state index in [1.54, 1.807) is 31.6 Å². The lowest BCUT2D eigenvalue weighted by molar-refractivity contribution is -0.139. The third-order valence-corrected chi connectivity index (χ3v) is 5.57. The second-order valence-electron chi connectivity index (χ2n) is 7.76. The number of hydrogen-bond donors (Lipinski definition) is 2. The summed E-state index contributed by atoms with van der Waals surface area (Å²) < 4.78 is 22.1. The molecule has 2 aromatic carbocycles. The van der Waals surface area contributed by atoms with Crippen LogP contribution in [0.4, 0.5) is 5.82 Å². The van der Waals surface area contributed by atoms with Gasteiger partial charge in [-0.25, -0.2) is 14.8 Å². The van der Waals surface area contributed by atoms with Crippen LogP contribution in [-0.2, 0) is 11.2 Å². The summed E-state index contributed by atoms with van der Waals surface area (Å²) in [5.74, 6) is 1.24. The molecular weight excluding hydrogens is 450 g/mol. The van der Waals surface area contributed by atoms with E-state index in [0.717, 1.165) is 39.8 Å². The fourth-order valence-electron chi connectivity index (χ4n) is 3.91. The Hall–Kier alpha value is -4.27. The number of aromatic nitrogens is 2. The Bertz CT molecular complexity index is 1330. The molecule has 0 fully saturated rings. The van der Waals surface area contributed by atoms with Crippen molar-refractivity contribution in [1.29, 1.82) is 0 Å². The molecule has 0 bridgehead atoms. The molecule has 0 saturated carbocycles. The number of carboxylic acids is 1. The van der Waals surface area contributed by atoms with Gasteiger partial charge in [-0.15, -0.1) is 0 Å². The highest BCUT2D eigenvalue weighted by molar-refractivity contribution is 5.84. The number of hydrogen-bond acceptors (Lipinski definition) is 8. The largest absolute Gasteiger partial charge is 0.496 e. The number of furan rings is 1. The smallest absolute Gasteiger partial charge is 0.341 e. The number of fused-ring (bicyclic) bond motifs is 1. The summed E-state index contributed by atoms with van der Waals surface area (Å²) in [7, 11) is 1.66. The molecule has 182 valence electrons. The predicted octanol–water partition coefficient (Wildman–Crippen LogP) is 4.72. The number of aliphatic carboxylic acids is 1. The number of nitrogens with zero attached hydrogens (tertiary/aromatic N) is 2. The number of carbonyl (C=O) groups is 1. The van der Waals surface area contributed by atoms with E-state index in [9.17, 15) is 4.79 Å². The normalized spacial score (nSPS) is 10.8. The molecule has 0 amide bonds. The number of aryl methyl sites for hydroxylation is 1. The van der Waals surface area contributed by atoms with Gasteiger partial charge in [-0.3, -0.25) is 0 Å². The zero-order valence-corrected chi connectivity index (χ0v) is 19.8. The second kappa shape index (κ2) is 10.8. The van der Waals surface area contributed by atoms with Crippen molar-refractivity contribution >= 4 is 22.8 Å². The van der Waals surface area contributed by atoms with E-state index in [-0.39, 0.29) is 0 Å². The van der Waals surface area contributed by atoms with Gasteiger partial charge in [0.25, 0.3) is 0 Å². The lowest BCUT2D eigenvalue weighted by atomic mass is 10.0. The van der Waals surface area contributed by atoms with Crippen molar-refractivity contribution in [2.45, 2.75) is 20.3 Å². The molecule has 0 aliphatic heterocycles. The van der Waals surface area contributed by atoms with Crippen LogP contribution in [0, 0.1) is 6.92 Å². The van der Waals surface area contributed by atoms with E-state index in [1.165, 1.54) is 6.33 Å². The van der Waals surface area contributed by atoms with Crippen molar-refractivity contribution in [3.63, 3.8) is 0 Å². The van der Waals surface area contributed by atoms with E-state index < -0.39 is 12.6 Å². The van der Waals surface area contributed by atoms with Gasteiger partial charge in [0.05, 0.1) is 25.7 Å². The molecule has 0 radical (unpaired) electrons. The molecule has 0 unspecified atom stereocenters. The highest BCUT2D eigenvalue weighted by atomic mass is 16.5. The standard InChI is InChI=1S/C26H27N3O6/c1-4-33-24-11-17(5-6-21(24)35-14-26(30)31)20-12-25(29-15-28-20)27-9-7-18-16(2)19-8-10-34-23(19)13-22(18)32-3/h5-6,8,10-13,15H,4,7,9,14H2,1-3H3,(H,30,31)(H,27,28,29). The maximum absolute atomic E-state index is 10.8. The minimum absolute atomic E-state index is 0.365. The molecule has 2 heterocycles. The third-order valence-electron chi connectivity index (χ3n) is 5.57. The summed E-state index contributed by atoms with van der Waals surface area (Å²) in [5.41, 5.74) is 4.54. The number of rotatable bonds is 11. The fraction of sp³-hybridized carbons (Fsp3) is 0.269. The van der Waals surface area contributed by atoms with E-state index in [1.807, 2.05) is 25.1 Å². The molecule has 0 aliphatic carbocycles. The zero-order chi connectivity index (χ0) is 24.8. The Balaban J connectivity index is 1.49. The van der Waals surface area contributed by atoms with Crippen molar-refractivity contribution in [3.05, 3.63) is 60.1 Å². The number of methoxy groups -OCH3 is 1. The first-order chi connectivity index (χ1) is 17.0. The van der Waals surface area contributed by atoms with Crippen LogP contribution < -0.4 is 19.5 Å². The molecule has 0 aliphatic rings. The Kier molecular flexibility index (Phi) is 7.35. The van der Waals surface area contributed by atoms with Crippen LogP contribution in [0.5, 0.6) is 17.2 Å². The SMILES string of the molecule is CCOc1cc(-c2cc(NCCc3c(OC)cc4occc4c3C)ncn2)ccc1OCC(=O)O. The first-order valence-electron chi connectivity index (χ1n) is 11.2. The number of nitrogens with one attached hydrogen (secondary N) is 1. The first kappa shape index (κ1) is 23.9. The van der Waals surface area contributed by atoms with Gasteiger partial charge >= 0.3 is 5.97 Å². The summed E-state index contributed by atoms with van der Waals surface area (Å²) in [4.78, 5) is 19.6. The van der Waals surface area contributed by atoms with Gasteiger partial charge in [-0.05, 0) is 55.7 Å². The molecule has 2 aromatic heterocycles. The molecule has 35 heavy (non-hydrogen) atoms. The van der Waals surface area contributed by atoms with Crippen LogP contribution in [0.3, 0.4) is 0 Å². The average Bonchev–Trinajstić information content (AvgIpc) is 3.34. The fourth-order valence-corrected chi connectivity index (χ4v) is 3.91. The Labute approximate surface area is 202 Å². The van der Waals surface area contributed by atoms with Crippen molar-refractivity contribution in [3.8, 4) is 28.5 Å². The quantitative estimate of drug-likeness (QED) is 0.316. The summed E-state index contributed by atoms with van der Waals surface area (Å²) in [5, 5.41) is 13.3. The molecular formula is C26H27N3O6. The van der Waals surface area contributed by atoms with Crippen LogP contribution in [0.25, 0.3) is 22.2 Å². The van der Waals surface area contributed by atoms with Crippen LogP contribution in [0.2, 0.25) is 0 Å². The van der Waals surface area contributed by atoms with E-state index in [0.29, 0.717) is 36.2 Å². The molecule has 2 N–H and O–H groups in total. The van der Waals surface area contributed by atoms with Crippen molar-refractivity contribution < 1.29 is 28.5 Å². The summed E-state index contributed by atoms with van der Waals surface area (Å²) in [6.45, 7) is 4.53. The van der Waals surface area contributed by atoms with Crippen molar-refractivity contribution in [1.82, 2.24) is 9.97 Å². The lowest BCUT2D eigenvalue weighted by Gasteiger charge is -2.14. The van der Waals surface area contributed by atoms with Gasteiger partial charge in [0, 0.05) is 29.6 Å². The predicted molar refractivity (Wildman–Crippen MR) is 131 cm³/mol. The maximum atomic E-state index is 10.8. The zero-order valence-electron chi connectivity index (χ0n) is 19.8. The van der Waals surface area contributed by atoms with Gasteiger partial charge < -0.3 is 29.1 Å². The number of carboxylic acid groups (broad SMARTS) is 1. The number of ether oxygens (including phenoxy) is 3. The molecule has 0 saturated heterocycles. The molecule has 0 atom stereocenters. The van der Waals surface area contributed by atoms with Crippen LogP contribution in [-0.4, -0.2) is 47.9 Å². The van der Waals surface area contributed by atoms with Crippen molar-refractivity contribution in [2.75, 3.05) is 32.2 Å². The monoisotopic (exact) mass is 477 g/mol. The molecule has 9 heteroatoms. The summed E-state index contributed by atoms with van der Waals surface area (Å²) in [6.07, 6.45) is 3.92. The topological polar surface area (TPSA) is 116 Å². The highest BCUT2D eigenvalue weighted by Gasteiger charge is 2.14. The van der Waals surface area contributed by atoms with Gasteiger partial charge in [0.1, 0.15) is 23.5 Å². The summed E-state index contributed by atoms with van der Waals surface area (Å²) in [6, 6.07) is 11.0. The average molecular weight is 478 g/mol. The van der Waals surface area contributed by atoms with Gasteiger partial charge in [-0.2, -0.15) is 0 Å². The minimum atomic E-state index is -1.06. The van der Waals surface area contributed by atoms with Gasteiger partial charge in [-0.1, -0.05) is 0 Å². The Morgan fingerprint density at radius 1 is 1.09 bits per heavy atom. The third kappa shape index (κ3) is 5.46. The Morgan fingerprint density at radius 2 is 1.94 bits per heavy atom. The molecule has 4 aromatic rings. The van der Waals surface area contributed by atoms with E-state index >= 15 is 0 Å².